The molecule has 6 nitrogen and oxygen atoms in total. The molecule has 0 N–H and O–H groups in total. The van der Waals surface area contributed by atoms with Gasteiger partial charge in [-0.2, -0.15) is 15.0 Å². The second-order valence-electron chi connectivity index (χ2n) is 3.86. The Morgan fingerprint density at radius 2 is 1.24 bits per heavy atom. The standard InChI is InChI=1S/C15H7N3O3/c19-8-16-12-3-1-11(2-4-12)14-6-5-13(17-9-20)7-15(14)18-10-21/h1-7H. The molecule has 0 saturated carbocycles. The predicted octanol–water partition coefficient (Wildman–Crippen LogP) is 3.26. The van der Waals surface area contributed by atoms with Gasteiger partial charge in [0.15, 0.2) is 0 Å². The van der Waals surface area contributed by atoms with Gasteiger partial charge in [0, 0.05) is 5.56 Å². The van der Waals surface area contributed by atoms with Crippen molar-refractivity contribution in [3.8, 4) is 11.1 Å². The molecular formula is C15H7N3O3. The molecule has 2 rings (SSSR count). The quantitative estimate of drug-likeness (QED) is 0.634. The van der Waals surface area contributed by atoms with Gasteiger partial charge in [-0.3, -0.25) is 0 Å². The molecule has 0 radical (unpaired) electrons. The summed E-state index contributed by atoms with van der Waals surface area (Å²) in [5, 5.41) is 0. The average molecular weight is 277 g/mol. The SMILES string of the molecule is O=C=Nc1ccc(-c2ccc(N=C=O)cc2N=C=O)cc1. The zero-order valence-corrected chi connectivity index (χ0v) is 10.6. The Bertz CT molecular complexity index is 809. The summed E-state index contributed by atoms with van der Waals surface area (Å²) in [7, 11) is 0. The maximum absolute atomic E-state index is 10.5. The Labute approximate surface area is 119 Å². The van der Waals surface area contributed by atoms with Crippen molar-refractivity contribution in [3.05, 3.63) is 42.5 Å². The van der Waals surface area contributed by atoms with Gasteiger partial charge in [0.05, 0.1) is 17.1 Å². The number of isocyanates is 3. The fraction of sp³-hybridized carbons (Fsp3) is 0. The molecule has 0 aliphatic rings. The van der Waals surface area contributed by atoms with Gasteiger partial charge in [0.1, 0.15) is 0 Å². The van der Waals surface area contributed by atoms with Crippen LogP contribution in [0.5, 0.6) is 0 Å². The second-order valence-corrected chi connectivity index (χ2v) is 3.86. The van der Waals surface area contributed by atoms with Gasteiger partial charge in [-0.05, 0) is 29.8 Å². The van der Waals surface area contributed by atoms with Gasteiger partial charge in [-0.1, -0.05) is 18.2 Å². The molecule has 0 aliphatic heterocycles. The summed E-state index contributed by atoms with van der Waals surface area (Å²) in [5.74, 6) is 0. The molecule has 0 fully saturated rings. The van der Waals surface area contributed by atoms with E-state index in [1.165, 1.54) is 24.3 Å². The van der Waals surface area contributed by atoms with E-state index in [0.717, 1.165) is 5.56 Å². The zero-order chi connectivity index (χ0) is 15.1. The normalized spacial score (nSPS) is 8.95. The molecule has 0 spiro atoms. The molecule has 0 aromatic heterocycles. The fourth-order valence-corrected chi connectivity index (χ4v) is 1.80. The lowest BCUT2D eigenvalue weighted by molar-refractivity contribution is 0.564. The second kappa shape index (κ2) is 6.66. The molecule has 21 heavy (non-hydrogen) atoms. The highest BCUT2D eigenvalue weighted by atomic mass is 16.1. The zero-order valence-electron chi connectivity index (χ0n) is 10.6. The number of hydrogen-bond donors (Lipinski definition) is 0. The van der Waals surface area contributed by atoms with Crippen molar-refractivity contribution in [1.29, 1.82) is 0 Å². The molecule has 0 aliphatic carbocycles. The third-order valence-corrected chi connectivity index (χ3v) is 2.68. The summed E-state index contributed by atoms with van der Waals surface area (Å²) in [5.41, 5.74) is 2.55. The maximum Gasteiger partial charge on any atom is 0.240 e. The predicted molar refractivity (Wildman–Crippen MR) is 75.2 cm³/mol. The van der Waals surface area contributed by atoms with Crippen molar-refractivity contribution in [2.75, 3.05) is 0 Å². The molecule has 0 heterocycles. The smallest absolute Gasteiger partial charge is 0.211 e. The first-order valence-corrected chi connectivity index (χ1v) is 5.76. The molecule has 0 bridgehead atoms. The Balaban J connectivity index is 2.53. The largest absolute Gasteiger partial charge is 0.240 e. The van der Waals surface area contributed by atoms with Gasteiger partial charge < -0.3 is 0 Å². The number of aliphatic imine (C=N–C) groups is 3. The highest BCUT2D eigenvalue weighted by molar-refractivity contribution is 5.80. The van der Waals surface area contributed by atoms with Crippen LogP contribution in [0.25, 0.3) is 11.1 Å². The minimum Gasteiger partial charge on any atom is -0.211 e. The summed E-state index contributed by atoms with van der Waals surface area (Å²) in [6.07, 6.45) is 4.33. The minimum absolute atomic E-state index is 0.327. The third kappa shape index (κ3) is 3.32. The minimum atomic E-state index is 0.327. The Morgan fingerprint density at radius 3 is 1.86 bits per heavy atom. The lowest BCUT2D eigenvalue weighted by Crippen LogP contribution is -1.79. The number of rotatable bonds is 4. The summed E-state index contributed by atoms with van der Waals surface area (Å²) >= 11 is 0. The fourth-order valence-electron chi connectivity index (χ4n) is 1.80. The van der Waals surface area contributed by atoms with Crippen LogP contribution in [0, 0.1) is 0 Å². The van der Waals surface area contributed by atoms with Crippen molar-refractivity contribution in [1.82, 2.24) is 0 Å². The molecule has 0 atom stereocenters. The molecule has 100 valence electrons. The van der Waals surface area contributed by atoms with Crippen molar-refractivity contribution >= 4 is 35.3 Å². The molecular weight excluding hydrogens is 270 g/mol. The first-order valence-electron chi connectivity index (χ1n) is 5.76. The lowest BCUT2D eigenvalue weighted by atomic mass is 10.0. The van der Waals surface area contributed by atoms with Gasteiger partial charge in [0.25, 0.3) is 0 Å². The van der Waals surface area contributed by atoms with Crippen LogP contribution in [0.1, 0.15) is 0 Å². The number of benzene rings is 2. The van der Waals surface area contributed by atoms with E-state index in [4.69, 9.17) is 0 Å². The van der Waals surface area contributed by atoms with Gasteiger partial charge in [-0.25, -0.2) is 14.4 Å². The number of nitrogens with zero attached hydrogens (tertiary/aromatic N) is 3. The van der Waals surface area contributed by atoms with E-state index < -0.39 is 0 Å². The first-order chi connectivity index (χ1) is 10.3. The van der Waals surface area contributed by atoms with E-state index in [-0.39, 0.29) is 0 Å². The number of carbonyl (C=O) groups excluding carboxylic acids is 3. The highest BCUT2D eigenvalue weighted by Crippen LogP contribution is 2.34. The molecule has 2 aromatic carbocycles. The lowest BCUT2D eigenvalue weighted by Gasteiger charge is -2.05. The van der Waals surface area contributed by atoms with E-state index in [1.807, 2.05) is 0 Å². The van der Waals surface area contributed by atoms with E-state index in [2.05, 4.69) is 15.0 Å². The van der Waals surface area contributed by atoms with Crippen LogP contribution in [0.3, 0.4) is 0 Å². The van der Waals surface area contributed by atoms with Gasteiger partial charge in [0.2, 0.25) is 18.2 Å². The first kappa shape index (κ1) is 14.0. The van der Waals surface area contributed by atoms with Crippen molar-refractivity contribution in [2.24, 2.45) is 15.0 Å². The van der Waals surface area contributed by atoms with Crippen molar-refractivity contribution in [2.45, 2.75) is 0 Å². The highest BCUT2D eigenvalue weighted by Gasteiger charge is 2.06. The van der Waals surface area contributed by atoms with Crippen LogP contribution in [-0.2, 0) is 14.4 Å². The summed E-state index contributed by atoms with van der Waals surface area (Å²) < 4.78 is 0. The maximum atomic E-state index is 10.5. The van der Waals surface area contributed by atoms with Crippen molar-refractivity contribution < 1.29 is 14.4 Å². The average Bonchev–Trinajstić information content (AvgIpc) is 2.50. The van der Waals surface area contributed by atoms with E-state index in [9.17, 15) is 14.4 Å². The van der Waals surface area contributed by atoms with Crippen LogP contribution < -0.4 is 0 Å². The molecule has 0 amide bonds. The Hall–Kier alpha value is -3.42. The topological polar surface area (TPSA) is 88.3 Å². The monoisotopic (exact) mass is 277 g/mol. The van der Waals surface area contributed by atoms with E-state index >= 15 is 0 Å². The Morgan fingerprint density at radius 1 is 0.667 bits per heavy atom. The van der Waals surface area contributed by atoms with Crippen molar-refractivity contribution in [3.63, 3.8) is 0 Å². The van der Waals surface area contributed by atoms with E-state index in [0.29, 0.717) is 22.6 Å². The van der Waals surface area contributed by atoms with E-state index in [1.54, 1.807) is 36.4 Å². The van der Waals surface area contributed by atoms with Crippen LogP contribution in [-0.4, -0.2) is 18.2 Å². The van der Waals surface area contributed by atoms with Gasteiger partial charge >= 0.3 is 0 Å². The van der Waals surface area contributed by atoms with Crippen LogP contribution in [0.4, 0.5) is 17.1 Å². The summed E-state index contributed by atoms with van der Waals surface area (Å²) in [6, 6.07) is 11.4. The molecule has 6 heteroatoms. The van der Waals surface area contributed by atoms with Crippen LogP contribution in [0.15, 0.2) is 57.4 Å². The third-order valence-electron chi connectivity index (χ3n) is 2.68. The van der Waals surface area contributed by atoms with Crippen LogP contribution in [0.2, 0.25) is 0 Å². The summed E-state index contributed by atoms with van der Waals surface area (Å²) in [6.45, 7) is 0. The summed E-state index contributed by atoms with van der Waals surface area (Å²) in [4.78, 5) is 41.5. The van der Waals surface area contributed by atoms with Gasteiger partial charge in [-0.15, -0.1) is 0 Å². The molecule has 0 saturated heterocycles. The molecule has 0 unspecified atom stereocenters. The molecule has 2 aromatic rings. The van der Waals surface area contributed by atoms with Crippen LogP contribution >= 0.6 is 0 Å². The number of hydrogen-bond acceptors (Lipinski definition) is 6. The Kier molecular flexibility index (Phi) is 4.44.